The Morgan fingerprint density at radius 1 is 1.24 bits per heavy atom. The number of rotatable bonds is 9. The number of H-pyrrole nitrogens is 1. The van der Waals surface area contributed by atoms with E-state index in [9.17, 15) is 20.0 Å². The van der Waals surface area contributed by atoms with Crippen molar-refractivity contribution in [3.63, 3.8) is 0 Å². The molecule has 0 fully saturated rings. The molecule has 0 saturated carbocycles. The Kier molecular flexibility index (Phi) is 8.82. The molecule has 0 bridgehead atoms. The van der Waals surface area contributed by atoms with Crippen LogP contribution >= 0.6 is 0 Å². The number of hydrogen-bond acceptors (Lipinski definition) is 6. The summed E-state index contributed by atoms with van der Waals surface area (Å²) in [7, 11) is 0. The van der Waals surface area contributed by atoms with Gasteiger partial charge in [-0.3, -0.25) is 9.59 Å². The molecular weight excluding hydrogens is 470 g/mol. The predicted octanol–water partition coefficient (Wildman–Crippen LogP) is 3.71. The molecule has 0 spiro atoms. The van der Waals surface area contributed by atoms with Crippen molar-refractivity contribution in [2.75, 3.05) is 6.61 Å². The minimum atomic E-state index is -0.326. The van der Waals surface area contributed by atoms with Crippen LogP contribution in [0.5, 0.6) is 5.75 Å². The molecule has 37 heavy (non-hydrogen) atoms. The van der Waals surface area contributed by atoms with Crippen LogP contribution in [0.1, 0.15) is 49.2 Å². The lowest BCUT2D eigenvalue weighted by Crippen LogP contribution is -2.37. The maximum Gasteiger partial charge on any atom is 0.291 e. The Hall–Kier alpha value is -4.42. The average Bonchev–Trinajstić information content (AvgIpc) is 3.30. The Bertz CT molecular complexity index is 1460. The van der Waals surface area contributed by atoms with Gasteiger partial charge in [0, 0.05) is 42.4 Å². The molecule has 2 aromatic carbocycles. The highest BCUT2D eigenvalue weighted by molar-refractivity contribution is 5.95. The molecule has 4 rings (SSSR count). The lowest BCUT2D eigenvalue weighted by atomic mass is 10.0. The fourth-order valence-electron chi connectivity index (χ4n) is 3.93. The molecule has 9 nitrogen and oxygen atoms in total. The Balaban J connectivity index is 0.00000380. The van der Waals surface area contributed by atoms with Crippen LogP contribution in [-0.4, -0.2) is 44.1 Å². The van der Waals surface area contributed by atoms with Crippen LogP contribution in [0.4, 0.5) is 0 Å². The number of aliphatic hydroxyl groups is 1. The van der Waals surface area contributed by atoms with Crippen molar-refractivity contribution in [3.8, 4) is 23.1 Å². The lowest BCUT2D eigenvalue weighted by Gasteiger charge is -2.19. The van der Waals surface area contributed by atoms with Gasteiger partial charge in [-0.1, -0.05) is 31.7 Å². The van der Waals surface area contributed by atoms with Gasteiger partial charge < -0.3 is 24.5 Å². The zero-order chi connectivity index (χ0) is 25.7. The first-order valence-electron chi connectivity index (χ1n) is 11.7. The van der Waals surface area contributed by atoms with Crippen LogP contribution in [0.3, 0.4) is 0 Å². The van der Waals surface area contributed by atoms with Crippen molar-refractivity contribution in [1.82, 2.24) is 19.7 Å². The standard InChI is InChI=1S/C27H27N5O4.CH4/c1-17(2)36-24-8-7-20(14-21(24)15-28)26(34)30-22(9-12-33)13-18-3-5-19(6-4-18)23-16-32-11-10-29-27(35)25(32)31-23;/h3-8,10-11,14,16-17,22,33H,9,12-13H2,1-2H3,(H,29,35)(H,30,34);1H4/t22-;/m1./s1. The highest BCUT2D eigenvalue weighted by Gasteiger charge is 2.17. The van der Waals surface area contributed by atoms with E-state index in [-0.39, 0.29) is 37.6 Å². The summed E-state index contributed by atoms with van der Waals surface area (Å²) < 4.78 is 7.30. The van der Waals surface area contributed by atoms with E-state index in [1.54, 1.807) is 35.1 Å². The number of amides is 1. The first-order valence-corrected chi connectivity index (χ1v) is 11.7. The second-order valence-corrected chi connectivity index (χ2v) is 8.72. The summed E-state index contributed by atoms with van der Waals surface area (Å²) in [5, 5.41) is 21.9. The molecule has 3 N–H and O–H groups in total. The van der Waals surface area contributed by atoms with Crippen LogP contribution in [0.2, 0.25) is 0 Å². The third-order valence-corrected chi connectivity index (χ3v) is 5.65. The third kappa shape index (κ3) is 6.42. The van der Waals surface area contributed by atoms with E-state index < -0.39 is 0 Å². The first-order chi connectivity index (χ1) is 17.4. The van der Waals surface area contributed by atoms with Crippen LogP contribution in [0, 0.1) is 11.3 Å². The molecule has 1 atom stereocenters. The number of imidazole rings is 1. The fraction of sp³-hybridized carbons (Fsp3) is 0.286. The second kappa shape index (κ2) is 12.0. The predicted molar refractivity (Wildman–Crippen MR) is 142 cm³/mol. The second-order valence-electron chi connectivity index (χ2n) is 8.72. The van der Waals surface area contributed by atoms with Gasteiger partial charge in [-0.15, -0.1) is 0 Å². The normalized spacial score (nSPS) is 11.5. The summed E-state index contributed by atoms with van der Waals surface area (Å²) >= 11 is 0. The number of aromatic amines is 1. The number of ether oxygens (including phenoxy) is 1. The van der Waals surface area contributed by atoms with Gasteiger partial charge in [-0.2, -0.15) is 5.26 Å². The zero-order valence-corrected chi connectivity index (χ0v) is 20.1. The van der Waals surface area contributed by atoms with E-state index in [1.807, 2.05) is 38.1 Å². The van der Waals surface area contributed by atoms with E-state index in [2.05, 4.69) is 21.4 Å². The maximum absolute atomic E-state index is 12.9. The Morgan fingerprint density at radius 2 is 2.00 bits per heavy atom. The van der Waals surface area contributed by atoms with Gasteiger partial charge in [0.25, 0.3) is 11.5 Å². The van der Waals surface area contributed by atoms with E-state index >= 15 is 0 Å². The summed E-state index contributed by atoms with van der Waals surface area (Å²) in [5.74, 6) is 0.110. The van der Waals surface area contributed by atoms with Gasteiger partial charge >= 0.3 is 0 Å². The van der Waals surface area contributed by atoms with Crippen molar-refractivity contribution < 1.29 is 14.6 Å². The smallest absolute Gasteiger partial charge is 0.291 e. The molecule has 4 aromatic rings. The van der Waals surface area contributed by atoms with E-state index in [1.165, 1.54) is 6.07 Å². The number of hydrogen-bond donors (Lipinski definition) is 3. The maximum atomic E-state index is 12.9. The highest BCUT2D eigenvalue weighted by Crippen LogP contribution is 2.22. The van der Waals surface area contributed by atoms with Crippen molar-refractivity contribution in [2.24, 2.45) is 0 Å². The van der Waals surface area contributed by atoms with E-state index in [4.69, 9.17) is 4.74 Å². The Labute approximate surface area is 215 Å². The monoisotopic (exact) mass is 501 g/mol. The zero-order valence-electron chi connectivity index (χ0n) is 20.1. The molecule has 9 heteroatoms. The number of nitriles is 1. The summed E-state index contributed by atoms with van der Waals surface area (Å²) in [6, 6.07) is 14.2. The van der Waals surface area contributed by atoms with Gasteiger partial charge in [0.05, 0.1) is 17.4 Å². The van der Waals surface area contributed by atoms with E-state index in [0.29, 0.717) is 41.1 Å². The largest absolute Gasteiger partial charge is 0.490 e. The van der Waals surface area contributed by atoms with Gasteiger partial charge in [0.15, 0.2) is 0 Å². The van der Waals surface area contributed by atoms with Gasteiger partial charge in [-0.05, 0) is 50.5 Å². The summed E-state index contributed by atoms with van der Waals surface area (Å²) in [4.78, 5) is 31.8. The minimum Gasteiger partial charge on any atom is -0.490 e. The number of aromatic nitrogens is 3. The SMILES string of the molecule is C.CC(C)Oc1ccc(C(=O)N[C@H](CCO)Cc2ccc(-c3cn4cc[nH]c(=O)c4n3)cc2)cc1C#N. The Morgan fingerprint density at radius 3 is 2.65 bits per heavy atom. The van der Waals surface area contributed by atoms with Crippen LogP contribution in [-0.2, 0) is 6.42 Å². The van der Waals surface area contributed by atoms with Crippen molar-refractivity contribution in [3.05, 3.63) is 88.1 Å². The molecule has 2 heterocycles. The molecule has 0 aliphatic carbocycles. The summed E-state index contributed by atoms with van der Waals surface area (Å²) in [5.41, 5.74) is 3.21. The number of benzene rings is 2. The minimum absolute atomic E-state index is 0. The number of nitrogens with zero attached hydrogens (tertiary/aromatic N) is 3. The van der Waals surface area contributed by atoms with Gasteiger partial charge in [-0.25, -0.2) is 4.98 Å². The highest BCUT2D eigenvalue weighted by atomic mass is 16.5. The van der Waals surface area contributed by atoms with Gasteiger partial charge in [0.1, 0.15) is 11.8 Å². The number of fused-ring (bicyclic) bond motifs is 1. The van der Waals surface area contributed by atoms with Crippen molar-refractivity contribution in [1.29, 1.82) is 5.26 Å². The van der Waals surface area contributed by atoms with Gasteiger partial charge in [0.2, 0.25) is 5.65 Å². The molecule has 0 saturated heterocycles. The molecule has 1 amide bonds. The summed E-state index contributed by atoms with van der Waals surface area (Å²) in [6.45, 7) is 3.65. The molecule has 0 aliphatic rings. The lowest BCUT2D eigenvalue weighted by molar-refractivity contribution is 0.0930. The number of carbonyl (C=O) groups excluding carboxylic acids is 1. The molecule has 0 radical (unpaired) electrons. The molecule has 0 aliphatic heterocycles. The van der Waals surface area contributed by atoms with Crippen molar-refractivity contribution in [2.45, 2.75) is 46.3 Å². The molecule has 192 valence electrons. The fourth-order valence-corrected chi connectivity index (χ4v) is 3.93. The number of aliphatic hydroxyl groups excluding tert-OH is 1. The molecular formula is C28H31N5O4. The van der Waals surface area contributed by atoms with Crippen molar-refractivity contribution >= 4 is 11.6 Å². The summed E-state index contributed by atoms with van der Waals surface area (Å²) in [6.07, 6.45) is 5.89. The van der Waals surface area contributed by atoms with E-state index in [0.717, 1.165) is 11.1 Å². The third-order valence-electron chi connectivity index (χ3n) is 5.65. The quantitative estimate of drug-likeness (QED) is 0.320. The van der Waals surface area contributed by atoms with Crippen LogP contribution < -0.4 is 15.6 Å². The van der Waals surface area contributed by atoms with Crippen LogP contribution in [0.25, 0.3) is 16.9 Å². The first kappa shape index (κ1) is 27.2. The number of carbonyl (C=O) groups is 1. The topological polar surface area (TPSA) is 133 Å². The van der Waals surface area contributed by atoms with Crippen LogP contribution in [0.15, 0.2) is 65.8 Å². The molecule has 2 aromatic heterocycles. The number of nitrogens with one attached hydrogen (secondary N) is 2. The molecule has 0 unspecified atom stereocenters. The average molecular weight is 502 g/mol.